The summed E-state index contributed by atoms with van der Waals surface area (Å²) < 4.78 is 4.95. The van der Waals surface area contributed by atoms with Gasteiger partial charge in [0.1, 0.15) is 11.1 Å². The third kappa shape index (κ3) is 3.32. The first kappa shape index (κ1) is 13.2. The second-order valence-electron chi connectivity index (χ2n) is 3.25. The molecule has 0 aliphatic rings. The van der Waals surface area contributed by atoms with E-state index in [1.807, 2.05) is 0 Å². The quantitative estimate of drug-likeness (QED) is 0.510. The number of nitrogens with one attached hydrogen (secondary N) is 1. The number of alkyl halides is 1. The van der Waals surface area contributed by atoms with Crippen LogP contribution in [-0.2, 0) is 4.79 Å². The molecule has 0 fully saturated rings. The monoisotopic (exact) mass is 258 g/mol. The second-order valence-corrected chi connectivity index (χ2v) is 3.90. The Bertz CT molecular complexity index is 448. The van der Waals surface area contributed by atoms with Crippen LogP contribution in [0.5, 0.6) is 5.75 Å². The molecule has 1 amide bonds. The molecule has 0 aromatic heterocycles. The molecule has 17 heavy (non-hydrogen) atoms. The molecule has 0 saturated carbocycles. The second kappa shape index (κ2) is 5.49. The predicted molar refractivity (Wildman–Crippen MR) is 63.6 cm³/mol. The van der Waals surface area contributed by atoms with Gasteiger partial charge in [-0.15, -0.1) is 11.6 Å². The van der Waals surface area contributed by atoms with Crippen LogP contribution in [0.1, 0.15) is 6.92 Å². The first-order valence-electron chi connectivity index (χ1n) is 4.73. The number of anilines is 1. The maximum atomic E-state index is 11.4. The van der Waals surface area contributed by atoms with E-state index in [2.05, 4.69) is 5.32 Å². The average molecular weight is 259 g/mol. The van der Waals surface area contributed by atoms with Gasteiger partial charge in [-0.1, -0.05) is 0 Å². The molecule has 1 aromatic carbocycles. The van der Waals surface area contributed by atoms with Crippen LogP contribution < -0.4 is 10.1 Å². The molecule has 0 heterocycles. The number of hydrogen-bond donors (Lipinski definition) is 1. The zero-order valence-corrected chi connectivity index (χ0v) is 10.0. The van der Waals surface area contributed by atoms with Crippen molar-refractivity contribution >= 4 is 28.9 Å². The Hall–Kier alpha value is -1.82. The summed E-state index contributed by atoms with van der Waals surface area (Å²) in [7, 11) is 1.36. The molecule has 1 aromatic rings. The van der Waals surface area contributed by atoms with Gasteiger partial charge in [-0.3, -0.25) is 14.9 Å². The fourth-order valence-corrected chi connectivity index (χ4v) is 1.18. The van der Waals surface area contributed by atoms with Crippen LogP contribution in [0.2, 0.25) is 0 Å². The van der Waals surface area contributed by atoms with Crippen molar-refractivity contribution in [1.29, 1.82) is 0 Å². The number of halogens is 1. The van der Waals surface area contributed by atoms with Crippen LogP contribution in [0.3, 0.4) is 0 Å². The number of nitro benzene ring substituents is 1. The summed E-state index contributed by atoms with van der Waals surface area (Å²) in [6.07, 6.45) is 0. The van der Waals surface area contributed by atoms with Crippen molar-refractivity contribution < 1.29 is 14.5 Å². The van der Waals surface area contributed by atoms with Gasteiger partial charge in [-0.05, 0) is 13.0 Å². The number of nitro groups is 1. The van der Waals surface area contributed by atoms with Crippen LogP contribution in [0, 0.1) is 10.1 Å². The van der Waals surface area contributed by atoms with Gasteiger partial charge in [0, 0.05) is 6.07 Å². The highest BCUT2D eigenvalue weighted by Gasteiger charge is 2.15. The Balaban J connectivity index is 3.01. The molecule has 0 spiro atoms. The minimum Gasteiger partial charge on any atom is -0.494 e. The number of hydrogen-bond acceptors (Lipinski definition) is 4. The summed E-state index contributed by atoms with van der Waals surface area (Å²) in [5.41, 5.74) is 0.231. The van der Waals surface area contributed by atoms with Gasteiger partial charge in [-0.25, -0.2) is 0 Å². The summed E-state index contributed by atoms with van der Waals surface area (Å²) in [4.78, 5) is 21.4. The normalized spacial score (nSPS) is 11.7. The first-order chi connectivity index (χ1) is 7.95. The van der Waals surface area contributed by atoms with E-state index in [0.29, 0.717) is 5.69 Å². The van der Waals surface area contributed by atoms with Crippen molar-refractivity contribution in [3.8, 4) is 5.75 Å². The summed E-state index contributed by atoms with van der Waals surface area (Å²) in [6.45, 7) is 1.52. The number of amides is 1. The summed E-state index contributed by atoms with van der Waals surface area (Å²) in [6, 6.07) is 3.90. The molecular formula is C10H11ClN2O4. The smallest absolute Gasteiger partial charge is 0.273 e. The molecule has 0 saturated heterocycles. The molecule has 6 nitrogen and oxygen atoms in total. The van der Waals surface area contributed by atoms with Gasteiger partial charge >= 0.3 is 0 Å². The lowest BCUT2D eigenvalue weighted by atomic mass is 10.2. The molecule has 7 heteroatoms. The van der Waals surface area contributed by atoms with E-state index in [1.165, 1.54) is 32.2 Å². The molecular weight excluding hydrogens is 248 g/mol. The molecule has 0 radical (unpaired) electrons. The van der Waals surface area contributed by atoms with Crippen molar-refractivity contribution in [3.63, 3.8) is 0 Å². The van der Waals surface area contributed by atoms with Crippen LogP contribution in [0.15, 0.2) is 18.2 Å². The highest BCUT2D eigenvalue weighted by atomic mass is 35.5. The summed E-state index contributed by atoms with van der Waals surface area (Å²) >= 11 is 5.59. The van der Waals surface area contributed by atoms with Gasteiger partial charge < -0.3 is 10.1 Å². The van der Waals surface area contributed by atoms with Crippen molar-refractivity contribution in [3.05, 3.63) is 28.3 Å². The number of carbonyl (C=O) groups is 1. The topological polar surface area (TPSA) is 81.5 Å². The zero-order valence-electron chi connectivity index (χ0n) is 9.27. The van der Waals surface area contributed by atoms with Gasteiger partial charge in [0.2, 0.25) is 5.91 Å². The molecule has 0 unspecified atom stereocenters. The summed E-state index contributed by atoms with van der Waals surface area (Å²) in [5.74, 6) is -0.191. The SMILES string of the molecule is COc1cc([N+](=O)[O-])ccc1NC(=O)[C@@H](C)Cl. The molecule has 1 atom stereocenters. The largest absolute Gasteiger partial charge is 0.494 e. The maximum absolute atomic E-state index is 11.4. The number of nitrogens with zero attached hydrogens (tertiary/aromatic N) is 1. The Kier molecular flexibility index (Phi) is 4.28. The molecule has 92 valence electrons. The average Bonchev–Trinajstić information content (AvgIpc) is 2.28. The van der Waals surface area contributed by atoms with E-state index in [1.54, 1.807) is 0 Å². The van der Waals surface area contributed by atoms with E-state index < -0.39 is 16.2 Å². The van der Waals surface area contributed by atoms with E-state index in [0.717, 1.165) is 0 Å². The van der Waals surface area contributed by atoms with Crippen LogP contribution in [0.25, 0.3) is 0 Å². The first-order valence-corrected chi connectivity index (χ1v) is 5.16. The zero-order chi connectivity index (χ0) is 13.0. The van der Waals surface area contributed by atoms with E-state index in [9.17, 15) is 14.9 Å². The Labute approximate surface area is 103 Å². The third-order valence-electron chi connectivity index (χ3n) is 2.02. The van der Waals surface area contributed by atoms with Gasteiger partial charge in [0.05, 0.1) is 23.8 Å². The summed E-state index contributed by atoms with van der Waals surface area (Å²) in [5, 5.41) is 12.4. The highest BCUT2D eigenvalue weighted by molar-refractivity contribution is 6.32. The number of non-ortho nitro benzene ring substituents is 1. The van der Waals surface area contributed by atoms with Crippen molar-refractivity contribution in [2.75, 3.05) is 12.4 Å². The molecule has 0 aliphatic heterocycles. The molecule has 1 N–H and O–H groups in total. The maximum Gasteiger partial charge on any atom is 0.273 e. The molecule has 0 aliphatic carbocycles. The van der Waals surface area contributed by atoms with E-state index >= 15 is 0 Å². The predicted octanol–water partition coefficient (Wildman–Crippen LogP) is 2.17. The minimum atomic E-state index is -0.699. The van der Waals surface area contributed by atoms with E-state index in [4.69, 9.17) is 16.3 Å². The van der Waals surface area contributed by atoms with E-state index in [-0.39, 0.29) is 11.4 Å². The Morgan fingerprint density at radius 3 is 2.71 bits per heavy atom. The van der Waals surface area contributed by atoms with Gasteiger partial charge in [-0.2, -0.15) is 0 Å². The van der Waals surface area contributed by atoms with Crippen LogP contribution in [-0.4, -0.2) is 23.3 Å². The number of benzene rings is 1. The van der Waals surface area contributed by atoms with Crippen LogP contribution in [0.4, 0.5) is 11.4 Å². The fourth-order valence-electron chi connectivity index (χ4n) is 1.13. The standard InChI is InChI=1S/C10H11ClN2O4/c1-6(11)10(14)12-8-4-3-7(13(15)16)5-9(8)17-2/h3-6H,1-2H3,(H,12,14)/t6-/m1/s1. The lowest BCUT2D eigenvalue weighted by molar-refractivity contribution is -0.384. The number of rotatable bonds is 4. The number of ether oxygens (including phenoxy) is 1. The lowest BCUT2D eigenvalue weighted by Crippen LogP contribution is -2.20. The Morgan fingerprint density at radius 1 is 1.59 bits per heavy atom. The van der Waals surface area contributed by atoms with Crippen molar-refractivity contribution in [2.45, 2.75) is 12.3 Å². The van der Waals surface area contributed by atoms with Gasteiger partial charge in [0.25, 0.3) is 5.69 Å². The number of carbonyl (C=O) groups excluding carboxylic acids is 1. The van der Waals surface area contributed by atoms with Crippen molar-refractivity contribution in [1.82, 2.24) is 0 Å². The van der Waals surface area contributed by atoms with Crippen LogP contribution >= 0.6 is 11.6 Å². The molecule has 0 bridgehead atoms. The highest BCUT2D eigenvalue weighted by Crippen LogP contribution is 2.29. The Morgan fingerprint density at radius 2 is 2.24 bits per heavy atom. The third-order valence-corrected chi connectivity index (χ3v) is 2.21. The van der Waals surface area contributed by atoms with Crippen molar-refractivity contribution in [2.24, 2.45) is 0 Å². The fraction of sp³-hybridized carbons (Fsp3) is 0.300. The van der Waals surface area contributed by atoms with Gasteiger partial charge in [0.15, 0.2) is 0 Å². The lowest BCUT2D eigenvalue weighted by Gasteiger charge is -2.10. The number of methoxy groups -OCH3 is 1. The molecule has 1 rings (SSSR count). The minimum absolute atomic E-state index is 0.112.